The lowest BCUT2D eigenvalue weighted by molar-refractivity contribution is -0.366. The average molecular weight is 561 g/mol. The average Bonchev–Trinajstić information content (AvgIpc) is 3.22. The minimum Gasteiger partial charge on any atom is -0.467 e. The second-order valence-corrected chi connectivity index (χ2v) is 9.25. The first-order valence-electron chi connectivity index (χ1n) is 12.2. The smallest absolute Gasteiger partial charge is 0.423 e. The highest BCUT2D eigenvalue weighted by molar-refractivity contribution is 5.84. The van der Waals surface area contributed by atoms with E-state index in [2.05, 4.69) is 4.74 Å². The van der Waals surface area contributed by atoms with E-state index in [1.54, 1.807) is 6.07 Å². The number of aliphatic hydroxyl groups excluding tert-OH is 1. The number of aliphatic hydroxyl groups is 1. The molecule has 3 aliphatic heterocycles. The predicted molar refractivity (Wildman–Crippen MR) is 124 cm³/mol. The van der Waals surface area contributed by atoms with E-state index < -0.39 is 24.9 Å². The molecule has 3 aliphatic rings. The number of ether oxygens (including phenoxy) is 5. The van der Waals surface area contributed by atoms with Crippen molar-refractivity contribution in [2.75, 3.05) is 33.3 Å². The van der Waals surface area contributed by atoms with E-state index >= 15 is 0 Å². The van der Waals surface area contributed by atoms with Crippen molar-refractivity contribution in [3.8, 4) is 17.2 Å². The Morgan fingerprint density at radius 2 is 1.41 bits per heavy atom. The normalized spacial score (nSPS) is 18.9. The molecule has 1 saturated heterocycles. The molecule has 39 heavy (non-hydrogen) atoms. The number of alkyl halides is 6. The SMILES string of the molecule is OC(OC(C(F)(F)F)C(F)(F)F)N1CCC(=C(c2ccc3c(c2)CCOCO3)c2ccc3c(c2)OCO3)CC1. The van der Waals surface area contributed by atoms with Crippen LogP contribution < -0.4 is 14.2 Å². The monoisotopic (exact) mass is 561 g/mol. The maximum atomic E-state index is 12.9. The second kappa shape index (κ2) is 10.9. The maximum Gasteiger partial charge on any atom is 0.423 e. The third-order valence-electron chi connectivity index (χ3n) is 6.74. The number of nitrogens with zero attached hydrogens (tertiary/aromatic N) is 1. The molecular formula is C26H25F6NO6. The highest BCUT2D eigenvalue weighted by Gasteiger charge is 2.59. The van der Waals surface area contributed by atoms with Gasteiger partial charge < -0.3 is 28.8 Å². The zero-order valence-corrected chi connectivity index (χ0v) is 20.5. The van der Waals surface area contributed by atoms with Gasteiger partial charge in [0.2, 0.25) is 13.2 Å². The fourth-order valence-electron chi connectivity index (χ4n) is 4.86. The highest BCUT2D eigenvalue weighted by Crippen LogP contribution is 2.41. The summed E-state index contributed by atoms with van der Waals surface area (Å²) in [6, 6.07) is 11.2. The lowest BCUT2D eigenvalue weighted by atomic mass is 9.87. The molecule has 1 unspecified atom stereocenters. The molecule has 1 atom stereocenters. The zero-order valence-electron chi connectivity index (χ0n) is 20.5. The van der Waals surface area contributed by atoms with Crippen LogP contribution in [-0.4, -0.2) is 68.2 Å². The quantitative estimate of drug-likeness (QED) is 0.407. The Kier molecular flexibility index (Phi) is 7.68. The molecule has 2 aromatic carbocycles. The summed E-state index contributed by atoms with van der Waals surface area (Å²) in [5.41, 5.74) is 4.36. The fourth-order valence-corrected chi connectivity index (χ4v) is 4.86. The molecule has 1 N–H and O–H groups in total. The van der Waals surface area contributed by atoms with Gasteiger partial charge >= 0.3 is 12.4 Å². The molecule has 0 aliphatic carbocycles. The summed E-state index contributed by atoms with van der Waals surface area (Å²) in [5.74, 6) is 1.85. The van der Waals surface area contributed by atoms with Crippen molar-refractivity contribution >= 4 is 5.57 Å². The van der Waals surface area contributed by atoms with Crippen LogP contribution >= 0.6 is 0 Å². The topological polar surface area (TPSA) is 69.6 Å². The molecule has 212 valence electrons. The maximum absolute atomic E-state index is 12.9. The standard InChI is InChI=1S/C26H25F6NO6/c27-25(28,29)23(26(30,31)32)39-24(34)33-8-5-15(6-9-33)22(18-2-4-20-21(12-18)38-14-37-20)17-1-3-19-16(11-17)7-10-35-13-36-19/h1-4,11-12,23-24,34H,5-10,13-14H2. The summed E-state index contributed by atoms with van der Waals surface area (Å²) in [5, 5.41) is 10.1. The van der Waals surface area contributed by atoms with Crippen LogP contribution in [0.1, 0.15) is 29.5 Å². The van der Waals surface area contributed by atoms with E-state index in [0.717, 1.165) is 32.7 Å². The fraction of sp³-hybridized carbons (Fsp3) is 0.462. The Morgan fingerprint density at radius 1 is 0.795 bits per heavy atom. The number of likely N-dealkylation sites (tertiary alicyclic amines) is 1. The van der Waals surface area contributed by atoms with Crippen LogP contribution in [0.4, 0.5) is 26.3 Å². The summed E-state index contributed by atoms with van der Waals surface area (Å²) in [4.78, 5) is 1.05. The van der Waals surface area contributed by atoms with Crippen LogP contribution in [0, 0.1) is 0 Å². The van der Waals surface area contributed by atoms with E-state index in [4.69, 9.17) is 18.9 Å². The van der Waals surface area contributed by atoms with Gasteiger partial charge in [-0.25, -0.2) is 0 Å². The van der Waals surface area contributed by atoms with Crippen molar-refractivity contribution in [3.05, 3.63) is 58.7 Å². The summed E-state index contributed by atoms with van der Waals surface area (Å²) in [6.07, 6.45) is -16.7. The van der Waals surface area contributed by atoms with Gasteiger partial charge in [-0.3, -0.25) is 4.90 Å². The molecule has 0 spiro atoms. The minimum absolute atomic E-state index is 0.0190. The summed E-state index contributed by atoms with van der Waals surface area (Å²) in [6.45, 7) is 0.677. The van der Waals surface area contributed by atoms with Crippen molar-refractivity contribution in [2.24, 2.45) is 0 Å². The molecular weight excluding hydrogens is 536 g/mol. The molecule has 7 nitrogen and oxygen atoms in total. The van der Waals surface area contributed by atoms with Gasteiger partial charge in [-0.15, -0.1) is 0 Å². The first kappa shape index (κ1) is 27.6. The minimum atomic E-state index is -5.72. The Bertz CT molecular complexity index is 1210. The number of piperidine rings is 1. The Hall–Kier alpha value is -3.00. The van der Waals surface area contributed by atoms with E-state index in [-0.39, 0.29) is 39.5 Å². The van der Waals surface area contributed by atoms with E-state index in [0.29, 0.717) is 30.3 Å². The predicted octanol–water partition coefficient (Wildman–Crippen LogP) is 5.01. The van der Waals surface area contributed by atoms with Gasteiger partial charge in [0.15, 0.2) is 18.3 Å². The van der Waals surface area contributed by atoms with Crippen molar-refractivity contribution < 1.29 is 55.1 Å². The van der Waals surface area contributed by atoms with Crippen molar-refractivity contribution in [1.82, 2.24) is 4.90 Å². The second-order valence-electron chi connectivity index (χ2n) is 9.25. The molecule has 0 amide bonds. The number of hydrogen-bond acceptors (Lipinski definition) is 7. The van der Waals surface area contributed by atoms with E-state index in [9.17, 15) is 31.4 Å². The Balaban J connectivity index is 1.43. The molecule has 3 heterocycles. The third kappa shape index (κ3) is 6.11. The zero-order chi connectivity index (χ0) is 27.8. The summed E-state index contributed by atoms with van der Waals surface area (Å²) >= 11 is 0. The van der Waals surface area contributed by atoms with Crippen LogP contribution in [0.2, 0.25) is 0 Å². The third-order valence-corrected chi connectivity index (χ3v) is 6.74. The lowest BCUT2D eigenvalue weighted by Crippen LogP contribution is -2.51. The number of benzene rings is 2. The van der Waals surface area contributed by atoms with Gasteiger partial charge in [0, 0.05) is 13.1 Å². The van der Waals surface area contributed by atoms with Crippen molar-refractivity contribution in [2.45, 2.75) is 44.1 Å². The number of fused-ring (bicyclic) bond motifs is 2. The lowest BCUT2D eigenvalue weighted by Gasteiger charge is -2.35. The number of rotatable bonds is 5. The van der Waals surface area contributed by atoms with Crippen LogP contribution in [-0.2, 0) is 15.9 Å². The molecule has 1 fully saturated rings. The summed E-state index contributed by atoms with van der Waals surface area (Å²) in [7, 11) is 0. The molecule has 13 heteroatoms. The van der Waals surface area contributed by atoms with Crippen LogP contribution in [0.5, 0.6) is 17.2 Å². The highest BCUT2D eigenvalue weighted by atomic mass is 19.4. The first-order chi connectivity index (χ1) is 18.5. The largest absolute Gasteiger partial charge is 0.467 e. The van der Waals surface area contributed by atoms with Gasteiger partial charge in [-0.05, 0) is 65.8 Å². The van der Waals surface area contributed by atoms with Gasteiger partial charge in [0.1, 0.15) is 5.75 Å². The van der Waals surface area contributed by atoms with Crippen LogP contribution in [0.3, 0.4) is 0 Å². The molecule has 2 aromatic rings. The molecule has 0 radical (unpaired) electrons. The van der Waals surface area contributed by atoms with Gasteiger partial charge in [-0.1, -0.05) is 17.7 Å². The molecule has 0 aromatic heterocycles. The van der Waals surface area contributed by atoms with Crippen LogP contribution in [0.25, 0.3) is 5.57 Å². The molecule has 5 rings (SSSR count). The first-order valence-corrected chi connectivity index (χ1v) is 12.2. The summed E-state index contributed by atoms with van der Waals surface area (Å²) < 4.78 is 103. The molecule has 0 bridgehead atoms. The van der Waals surface area contributed by atoms with Crippen molar-refractivity contribution in [1.29, 1.82) is 0 Å². The Labute approximate surface area is 219 Å². The van der Waals surface area contributed by atoms with E-state index in [1.807, 2.05) is 30.3 Å². The van der Waals surface area contributed by atoms with Gasteiger partial charge in [0.25, 0.3) is 6.10 Å². The molecule has 0 saturated carbocycles. The van der Waals surface area contributed by atoms with Crippen LogP contribution in [0.15, 0.2) is 42.0 Å². The number of hydrogen-bond donors (Lipinski definition) is 1. The van der Waals surface area contributed by atoms with Gasteiger partial charge in [0.05, 0.1) is 6.61 Å². The van der Waals surface area contributed by atoms with E-state index in [1.165, 1.54) is 0 Å². The van der Waals surface area contributed by atoms with Gasteiger partial charge in [-0.2, -0.15) is 26.3 Å². The Morgan fingerprint density at radius 3 is 2.10 bits per heavy atom. The number of halogens is 6. The van der Waals surface area contributed by atoms with Crippen molar-refractivity contribution in [3.63, 3.8) is 0 Å².